The molecule has 5 heteroatoms. The van der Waals surface area contributed by atoms with Gasteiger partial charge in [0.25, 0.3) is 5.56 Å². The normalized spacial score (nSPS) is 23.2. The number of hydrogen-bond donors (Lipinski definition) is 3. The molecule has 0 amide bonds. The van der Waals surface area contributed by atoms with Crippen LogP contribution in [-0.2, 0) is 6.42 Å². The molecule has 1 aromatic heterocycles. The van der Waals surface area contributed by atoms with E-state index in [0.717, 1.165) is 37.3 Å². The lowest BCUT2D eigenvalue weighted by molar-refractivity contribution is 0.237. The predicted octanol–water partition coefficient (Wildman–Crippen LogP) is -0.542. The molecule has 0 aliphatic carbocycles. The van der Waals surface area contributed by atoms with Gasteiger partial charge in [-0.1, -0.05) is 0 Å². The Labute approximate surface area is 88.8 Å². The number of aromatic nitrogens is 2. The lowest BCUT2D eigenvalue weighted by atomic mass is 10.1. The smallest absolute Gasteiger partial charge is 0.267 e. The van der Waals surface area contributed by atoms with Gasteiger partial charge in [-0.2, -0.15) is 0 Å². The molecule has 1 saturated heterocycles. The number of H-pyrrole nitrogens is 2. The van der Waals surface area contributed by atoms with Gasteiger partial charge in [-0.05, 0) is 14.0 Å². The average Bonchev–Trinajstić information content (AvgIpc) is 2.50. The van der Waals surface area contributed by atoms with E-state index in [9.17, 15) is 4.79 Å². The van der Waals surface area contributed by atoms with Crippen LogP contribution in [0.25, 0.3) is 0 Å². The summed E-state index contributed by atoms with van der Waals surface area (Å²) in [6.45, 7) is 5.01. The molecule has 0 radical (unpaired) electrons. The number of rotatable bonds is 2. The van der Waals surface area contributed by atoms with Crippen molar-refractivity contribution in [3.63, 3.8) is 0 Å². The zero-order valence-electron chi connectivity index (χ0n) is 9.26. The molecule has 3 N–H and O–H groups in total. The zero-order valence-corrected chi connectivity index (χ0v) is 9.26. The van der Waals surface area contributed by atoms with Crippen LogP contribution in [0.4, 0.5) is 0 Å². The molecule has 2 heterocycles. The molecule has 15 heavy (non-hydrogen) atoms. The summed E-state index contributed by atoms with van der Waals surface area (Å²) in [6, 6.07) is 0.439. The molecule has 0 spiro atoms. The van der Waals surface area contributed by atoms with Gasteiger partial charge in [0.1, 0.15) is 0 Å². The largest absolute Gasteiger partial charge is 0.311 e. The summed E-state index contributed by atoms with van der Waals surface area (Å²) >= 11 is 0. The molecule has 5 nitrogen and oxygen atoms in total. The number of nitrogens with one attached hydrogen (secondary N) is 3. The number of nitrogens with zero attached hydrogens (tertiary/aromatic N) is 1. The van der Waals surface area contributed by atoms with Crippen molar-refractivity contribution in [2.24, 2.45) is 0 Å². The maximum atomic E-state index is 11.2. The van der Waals surface area contributed by atoms with E-state index in [-0.39, 0.29) is 5.56 Å². The third-order valence-electron chi connectivity index (χ3n) is 3.03. The van der Waals surface area contributed by atoms with Crippen LogP contribution in [0.2, 0.25) is 0 Å². The Hall–Kier alpha value is -1.07. The molecule has 1 aromatic rings. The van der Waals surface area contributed by atoms with E-state index in [4.69, 9.17) is 0 Å². The third kappa shape index (κ3) is 2.30. The average molecular weight is 210 g/mol. The van der Waals surface area contributed by atoms with Crippen molar-refractivity contribution in [2.75, 3.05) is 26.7 Å². The standard InChI is InChI=1S/C10H18N4O/c1-7-9(12-13-10(7)15)5-8-6-14(2)4-3-11-8/h8,11H,3-6H2,1-2H3,(H2,12,13,15). The van der Waals surface area contributed by atoms with Crippen LogP contribution in [0, 0.1) is 6.92 Å². The van der Waals surface area contributed by atoms with E-state index >= 15 is 0 Å². The number of piperazine rings is 1. The van der Waals surface area contributed by atoms with Crippen LogP contribution in [0.5, 0.6) is 0 Å². The highest BCUT2D eigenvalue weighted by Crippen LogP contribution is 2.05. The summed E-state index contributed by atoms with van der Waals surface area (Å²) in [5, 5.41) is 9.01. The first-order chi connectivity index (χ1) is 7.16. The van der Waals surface area contributed by atoms with Gasteiger partial charge in [0.05, 0.1) is 0 Å². The van der Waals surface area contributed by atoms with Crippen molar-refractivity contribution >= 4 is 0 Å². The minimum Gasteiger partial charge on any atom is -0.311 e. The number of likely N-dealkylation sites (N-methyl/N-ethyl adjacent to an activating group) is 1. The van der Waals surface area contributed by atoms with Crippen molar-refractivity contribution in [3.05, 3.63) is 21.6 Å². The Bertz CT molecular complexity index is 381. The Morgan fingerprint density at radius 3 is 2.87 bits per heavy atom. The predicted molar refractivity (Wildman–Crippen MR) is 59.1 cm³/mol. The molecule has 1 atom stereocenters. The molecule has 1 fully saturated rings. The van der Waals surface area contributed by atoms with Gasteiger partial charge >= 0.3 is 0 Å². The quantitative estimate of drug-likeness (QED) is 0.614. The summed E-state index contributed by atoms with van der Waals surface area (Å²) < 4.78 is 0. The van der Waals surface area contributed by atoms with Crippen LogP contribution in [0.15, 0.2) is 4.79 Å². The summed E-state index contributed by atoms with van der Waals surface area (Å²) in [4.78, 5) is 13.5. The van der Waals surface area contributed by atoms with Gasteiger partial charge in [0, 0.05) is 43.4 Å². The van der Waals surface area contributed by atoms with Crippen molar-refractivity contribution in [1.82, 2.24) is 20.4 Å². The van der Waals surface area contributed by atoms with Crippen molar-refractivity contribution in [2.45, 2.75) is 19.4 Å². The Balaban J connectivity index is 2.02. The van der Waals surface area contributed by atoms with E-state index in [2.05, 4.69) is 27.5 Å². The first-order valence-corrected chi connectivity index (χ1v) is 5.35. The highest BCUT2D eigenvalue weighted by molar-refractivity contribution is 5.15. The van der Waals surface area contributed by atoms with Gasteiger partial charge in [0.2, 0.25) is 0 Å². The zero-order chi connectivity index (χ0) is 10.8. The summed E-state index contributed by atoms with van der Waals surface area (Å²) in [7, 11) is 2.13. The summed E-state index contributed by atoms with van der Waals surface area (Å²) in [6.07, 6.45) is 0.884. The van der Waals surface area contributed by atoms with Gasteiger partial charge in [0.15, 0.2) is 0 Å². The van der Waals surface area contributed by atoms with Gasteiger partial charge in [-0.25, -0.2) is 0 Å². The molecular formula is C10H18N4O. The Morgan fingerprint density at radius 2 is 2.27 bits per heavy atom. The van der Waals surface area contributed by atoms with Crippen LogP contribution < -0.4 is 10.9 Å². The lowest BCUT2D eigenvalue weighted by Crippen LogP contribution is -2.50. The topological polar surface area (TPSA) is 63.9 Å². The number of hydrogen-bond acceptors (Lipinski definition) is 3. The van der Waals surface area contributed by atoms with Crippen LogP contribution in [0.1, 0.15) is 11.3 Å². The lowest BCUT2D eigenvalue weighted by Gasteiger charge is -2.30. The Morgan fingerprint density at radius 1 is 1.47 bits per heavy atom. The first kappa shape index (κ1) is 10.4. The van der Waals surface area contributed by atoms with Gasteiger partial charge in [-0.3, -0.25) is 9.89 Å². The molecule has 2 rings (SSSR count). The van der Waals surface area contributed by atoms with Gasteiger partial charge < -0.3 is 15.3 Å². The van der Waals surface area contributed by atoms with E-state index in [0.29, 0.717) is 6.04 Å². The molecule has 0 aromatic carbocycles. The molecule has 0 bridgehead atoms. The molecule has 0 saturated carbocycles. The monoisotopic (exact) mass is 210 g/mol. The van der Waals surface area contributed by atoms with Crippen molar-refractivity contribution < 1.29 is 0 Å². The third-order valence-corrected chi connectivity index (χ3v) is 3.03. The van der Waals surface area contributed by atoms with E-state index in [1.165, 1.54) is 0 Å². The van der Waals surface area contributed by atoms with Gasteiger partial charge in [-0.15, -0.1) is 0 Å². The Kier molecular flexibility index (Phi) is 2.93. The van der Waals surface area contributed by atoms with Crippen molar-refractivity contribution in [3.8, 4) is 0 Å². The summed E-state index contributed by atoms with van der Waals surface area (Å²) in [5.41, 5.74) is 1.83. The fraction of sp³-hybridized carbons (Fsp3) is 0.700. The fourth-order valence-corrected chi connectivity index (χ4v) is 2.04. The minimum atomic E-state index is -0.00540. The fourth-order valence-electron chi connectivity index (χ4n) is 2.04. The van der Waals surface area contributed by atoms with E-state index < -0.39 is 0 Å². The molecule has 84 valence electrons. The second-order valence-electron chi connectivity index (χ2n) is 4.30. The van der Waals surface area contributed by atoms with Crippen LogP contribution in [-0.4, -0.2) is 47.8 Å². The van der Waals surface area contributed by atoms with Crippen LogP contribution >= 0.6 is 0 Å². The van der Waals surface area contributed by atoms with E-state index in [1.807, 2.05) is 6.92 Å². The molecule has 1 aliphatic rings. The highest BCUT2D eigenvalue weighted by atomic mass is 16.1. The SMILES string of the molecule is Cc1c(CC2CN(C)CCN2)[nH][nH]c1=O. The minimum absolute atomic E-state index is 0.00540. The molecule has 1 aliphatic heterocycles. The van der Waals surface area contributed by atoms with Crippen LogP contribution in [0.3, 0.4) is 0 Å². The maximum absolute atomic E-state index is 11.2. The number of aromatic amines is 2. The maximum Gasteiger partial charge on any atom is 0.267 e. The highest BCUT2D eigenvalue weighted by Gasteiger charge is 2.18. The first-order valence-electron chi connectivity index (χ1n) is 5.35. The molecular weight excluding hydrogens is 192 g/mol. The van der Waals surface area contributed by atoms with Crippen molar-refractivity contribution in [1.29, 1.82) is 0 Å². The second kappa shape index (κ2) is 4.20. The van der Waals surface area contributed by atoms with E-state index in [1.54, 1.807) is 0 Å². The summed E-state index contributed by atoms with van der Waals surface area (Å²) in [5.74, 6) is 0. The second-order valence-corrected chi connectivity index (χ2v) is 4.30. The molecule has 1 unspecified atom stereocenters.